The van der Waals surface area contributed by atoms with E-state index in [1.165, 1.54) is 11.3 Å². The van der Waals surface area contributed by atoms with Gasteiger partial charge in [0.1, 0.15) is 0 Å². The van der Waals surface area contributed by atoms with Crippen LogP contribution in [0.5, 0.6) is 0 Å². The van der Waals surface area contributed by atoms with Crippen molar-refractivity contribution in [3.05, 3.63) is 29.6 Å². The molecule has 0 saturated carbocycles. The molecule has 1 nitrogen and oxygen atoms in total. The Hall–Kier alpha value is -0.850. The van der Waals surface area contributed by atoms with E-state index >= 15 is 0 Å². The zero-order chi connectivity index (χ0) is 6.69. The van der Waals surface area contributed by atoms with Crippen molar-refractivity contribution < 1.29 is 4.98 Å². The van der Waals surface area contributed by atoms with Crippen LogP contribution in [0.1, 0.15) is 25.6 Å². The van der Waals surface area contributed by atoms with Crippen molar-refractivity contribution in [2.75, 3.05) is 0 Å². The summed E-state index contributed by atoms with van der Waals surface area (Å²) in [6.07, 6.45) is 3.11. The van der Waals surface area contributed by atoms with E-state index in [0.717, 1.165) is 6.42 Å². The Kier molecular flexibility index (Phi) is 3.70. The Morgan fingerprint density at radius 1 is 1.40 bits per heavy atom. The topological polar surface area (TPSA) is 14.1 Å². The summed E-state index contributed by atoms with van der Waals surface area (Å²) in [4.78, 5) is 3.19. The van der Waals surface area contributed by atoms with Crippen LogP contribution >= 0.6 is 0 Å². The fraction of sp³-hybridized carbons (Fsp3) is 0.444. The largest absolute Gasteiger partial charge is 0.215 e. The lowest BCUT2D eigenvalue weighted by atomic mass is 10.2. The van der Waals surface area contributed by atoms with Gasteiger partial charge >= 0.3 is 0 Å². The van der Waals surface area contributed by atoms with Crippen LogP contribution in [-0.4, -0.2) is 0 Å². The number of nitrogens with one attached hydrogen (secondary N) is 1. The Morgan fingerprint density at radius 3 is 2.50 bits per heavy atom. The highest BCUT2D eigenvalue weighted by Crippen LogP contribution is 1.93. The number of aryl methyl sites for hydroxylation is 2. The summed E-state index contributed by atoms with van der Waals surface area (Å²) in [5.74, 6) is 0. The van der Waals surface area contributed by atoms with Gasteiger partial charge in [0.15, 0.2) is 11.9 Å². The summed E-state index contributed by atoms with van der Waals surface area (Å²) in [7, 11) is 0. The lowest BCUT2D eigenvalue weighted by Crippen LogP contribution is -2.08. The molecule has 0 spiro atoms. The van der Waals surface area contributed by atoms with Crippen LogP contribution in [0.3, 0.4) is 0 Å². The molecule has 1 rings (SSSR count). The van der Waals surface area contributed by atoms with Gasteiger partial charge in [0, 0.05) is 18.1 Å². The lowest BCUT2D eigenvalue weighted by molar-refractivity contribution is -0.390. The predicted octanol–water partition coefficient (Wildman–Crippen LogP) is 2.01. The lowest BCUT2D eigenvalue weighted by Gasteiger charge is -1.86. The number of aromatic amines is 1. The third-order valence-corrected chi connectivity index (χ3v) is 1.41. The molecule has 0 fully saturated rings. The number of pyridine rings is 1. The molecule has 1 aromatic rings. The van der Waals surface area contributed by atoms with E-state index in [1.807, 2.05) is 6.20 Å². The van der Waals surface area contributed by atoms with Gasteiger partial charge in [-0.2, -0.15) is 0 Å². The number of rotatable bonds is 1. The predicted molar refractivity (Wildman–Crippen MR) is 43.8 cm³/mol. The zero-order valence-corrected chi connectivity index (χ0v) is 5.94. The second-order valence-electron chi connectivity index (χ2n) is 2.24. The van der Waals surface area contributed by atoms with Crippen LogP contribution in [0.15, 0.2) is 18.3 Å². The summed E-state index contributed by atoms with van der Waals surface area (Å²) >= 11 is 0. The second-order valence-corrected chi connectivity index (χ2v) is 2.24. The highest BCUT2D eigenvalue weighted by Gasteiger charge is 1.93. The van der Waals surface area contributed by atoms with E-state index in [0.29, 0.717) is 0 Å². The number of hydrogen-bond donors (Lipinski definition) is 0. The average Bonchev–Trinajstić information content (AvgIpc) is 1.90. The number of hydrogen-bond acceptors (Lipinski definition) is 0. The van der Waals surface area contributed by atoms with Crippen molar-refractivity contribution in [1.82, 2.24) is 0 Å². The second kappa shape index (κ2) is 4.04. The highest BCUT2D eigenvalue weighted by molar-refractivity contribution is 5.06. The first-order chi connectivity index (χ1) is 4.33. The van der Waals surface area contributed by atoms with Gasteiger partial charge in [0.25, 0.3) is 0 Å². The first-order valence-corrected chi connectivity index (χ1v) is 3.30. The van der Waals surface area contributed by atoms with Gasteiger partial charge in [-0.1, -0.05) is 14.4 Å². The van der Waals surface area contributed by atoms with E-state index in [1.54, 1.807) is 0 Å². The van der Waals surface area contributed by atoms with Gasteiger partial charge in [0.2, 0.25) is 0 Å². The van der Waals surface area contributed by atoms with Crippen LogP contribution in [0.4, 0.5) is 0 Å². The van der Waals surface area contributed by atoms with E-state index in [9.17, 15) is 0 Å². The van der Waals surface area contributed by atoms with Crippen LogP contribution in [-0.2, 0) is 6.42 Å². The molecule has 56 valence electrons. The minimum Gasteiger partial charge on any atom is -0.215 e. The van der Waals surface area contributed by atoms with Crippen molar-refractivity contribution in [3.8, 4) is 0 Å². The molecular formula is C9H16N+. The molecular weight excluding hydrogens is 122 g/mol. The molecule has 1 heteroatoms. The van der Waals surface area contributed by atoms with Crippen LogP contribution in [0.2, 0.25) is 0 Å². The van der Waals surface area contributed by atoms with Crippen molar-refractivity contribution >= 4 is 0 Å². The molecule has 0 atom stereocenters. The van der Waals surface area contributed by atoms with Gasteiger partial charge in [-0.3, -0.25) is 0 Å². The molecule has 0 saturated heterocycles. The summed E-state index contributed by atoms with van der Waals surface area (Å²) in [5, 5.41) is 0. The summed E-state index contributed by atoms with van der Waals surface area (Å²) in [6.45, 7) is 4.22. The summed E-state index contributed by atoms with van der Waals surface area (Å²) < 4.78 is 0. The first-order valence-electron chi connectivity index (χ1n) is 3.30. The summed E-state index contributed by atoms with van der Waals surface area (Å²) in [6, 6.07) is 4.24. The smallest absolute Gasteiger partial charge is 0.179 e. The third kappa shape index (κ3) is 2.18. The molecule has 0 aliphatic rings. The molecule has 1 heterocycles. The Morgan fingerprint density at radius 2 is 2.10 bits per heavy atom. The molecule has 10 heavy (non-hydrogen) atoms. The highest BCUT2D eigenvalue weighted by atomic mass is 14.7. The molecule has 0 radical (unpaired) electrons. The maximum atomic E-state index is 3.19. The standard InChI is InChI=1S/C8H11N.CH4/c1-3-8-5-4-7(2)6-9-8;/h4-6H,3H2,1-2H3;1H4/p+1. The zero-order valence-electron chi connectivity index (χ0n) is 5.94. The molecule has 0 aliphatic heterocycles. The van der Waals surface area contributed by atoms with Crippen LogP contribution < -0.4 is 4.98 Å². The van der Waals surface area contributed by atoms with Crippen molar-refractivity contribution in [1.29, 1.82) is 0 Å². The van der Waals surface area contributed by atoms with Gasteiger partial charge in [-0.15, -0.1) is 0 Å². The Labute approximate surface area is 63.1 Å². The normalized spacial score (nSPS) is 8.60. The molecule has 0 bridgehead atoms. The maximum absolute atomic E-state index is 3.19. The third-order valence-electron chi connectivity index (χ3n) is 1.41. The molecule has 0 unspecified atom stereocenters. The van der Waals surface area contributed by atoms with Crippen molar-refractivity contribution in [2.24, 2.45) is 0 Å². The first kappa shape index (κ1) is 9.15. The van der Waals surface area contributed by atoms with Crippen molar-refractivity contribution in [2.45, 2.75) is 27.7 Å². The van der Waals surface area contributed by atoms with Gasteiger partial charge in [-0.25, -0.2) is 4.98 Å². The summed E-state index contributed by atoms with van der Waals surface area (Å²) in [5.41, 5.74) is 2.58. The quantitative estimate of drug-likeness (QED) is 0.563. The number of aromatic nitrogens is 1. The van der Waals surface area contributed by atoms with Crippen LogP contribution in [0.25, 0.3) is 0 Å². The van der Waals surface area contributed by atoms with E-state index in [-0.39, 0.29) is 7.43 Å². The van der Waals surface area contributed by atoms with Gasteiger partial charge < -0.3 is 0 Å². The molecule has 1 aromatic heterocycles. The monoisotopic (exact) mass is 138 g/mol. The van der Waals surface area contributed by atoms with E-state index in [4.69, 9.17) is 0 Å². The van der Waals surface area contributed by atoms with Gasteiger partial charge in [0.05, 0.1) is 0 Å². The van der Waals surface area contributed by atoms with Crippen molar-refractivity contribution in [3.63, 3.8) is 0 Å². The number of H-pyrrole nitrogens is 1. The van der Waals surface area contributed by atoms with E-state index < -0.39 is 0 Å². The molecule has 0 aliphatic carbocycles. The van der Waals surface area contributed by atoms with Crippen LogP contribution in [0, 0.1) is 6.92 Å². The minimum atomic E-state index is 0. The molecule has 0 aromatic carbocycles. The fourth-order valence-corrected chi connectivity index (χ4v) is 0.755. The van der Waals surface area contributed by atoms with Gasteiger partial charge in [-0.05, 0) is 13.0 Å². The van der Waals surface area contributed by atoms with E-state index in [2.05, 4.69) is 31.0 Å². The Balaban J connectivity index is 0.000000810. The SMILES string of the molecule is C.CCc1ccc(C)c[nH+]1. The average molecular weight is 138 g/mol. The fourth-order valence-electron chi connectivity index (χ4n) is 0.755. The minimum absolute atomic E-state index is 0. The maximum Gasteiger partial charge on any atom is 0.179 e. The molecule has 0 amide bonds. The Bertz CT molecular complexity index is 176. The molecule has 1 N–H and O–H groups in total.